The van der Waals surface area contributed by atoms with Crippen LogP contribution in [0.25, 0.3) is 0 Å². The van der Waals surface area contributed by atoms with E-state index in [9.17, 15) is 4.79 Å². The molecule has 1 aliphatic rings. The summed E-state index contributed by atoms with van der Waals surface area (Å²) in [5, 5.41) is 3.58. The van der Waals surface area contributed by atoms with Gasteiger partial charge < -0.3 is 5.32 Å². The Labute approximate surface area is 107 Å². The summed E-state index contributed by atoms with van der Waals surface area (Å²) >= 11 is 0. The van der Waals surface area contributed by atoms with Crippen LogP contribution in [0.3, 0.4) is 0 Å². The average Bonchev–Trinajstić information content (AvgIpc) is 3.04. The third-order valence-corrected chi connectivity index (χ3v) is 4.82. The monoisotopic (exact) mass is 239 g/mol. The second kappa shape index (κ2) is 5.51. The van der Waals surface area contributed by atoms with Crippen LogP contribution in [-0.4, -0.2) is 17.9 Å². The van der Waals surface area contributed by atoms with Gasteiger partial charge in [0.25, 0.3) is 0 Å². The van der Waals surface area contributed by atoms with E-state index in [0.717, 1.165) is 5.92 Å². The number of carbonyl (C=O) groups excluding carboxylic acids is 1. The minimum atomic E-state index is 0.0199. The van der Waals surface area contributed by atoms with Gasteiger partial charge in [0.15, 0.2) is 0 Å². The van der Waals surface area contributed by atoms with Crippen LogP contribution in [0.15, 0.2) is 0 Å². The number of carbonyl (C=O) groups is 1. The summed E-state index contributed by atoms with van der Waals surface area (Å²) in [6.07, 6.45) is 3.87. The number of Topliss-reactive ketones (excluding diaryl/α,β-unsaturated/α-hetero) is 1. The Bertz CT molecular complexity index is 268. The fourth-order valence-electron chi connectivity index (χ4n) is 3.12. The number of ketones is 1. The third kappa shape index (κ3) is 3.09. The molecular weight excluding hydrogens is 210 g/mol. The van der Waals surface area contributed by atoms with Crippen LogP contribution in [0.4, 0.5) is 0 Å². The van der Waals surface area contributed by atoms with Crippen molar-refractivity contribution in [3.8, 4) is 0 Å². The van der Waals surface area contributed by atoms with Crippen molar-refractivity contribution in [2.75, 3.05) is 0 Å². The van der Waals surface area contributed by atoms with E-state index in [1.807, 2.05) is 0 Å². The van der Waals surface area contributed by atoms with Crippen molar-refractivity contribution in [1.29, 1.82) is 0 Å². The Morgan fingerprint density at radius 3 is 2.06 bits per heavy atom. The summed E-state index contributed by atoms with van der Waals surface area (Å²) in [5.74, 6) is 1.40. The zero-order valence-electron chi connectivity index (χ0n) is 12.3. The van der Waals surface area contributed by atoms with Gasteiger partial charge in [-0.2, -0.15) is 0 Å². The first-order chi connectivity index (χ1) is 7.85. The van der Waals surface area contributed by atoms with Crippen molar-refractivity contribution in [3.63, 3.8) is 0 Å². The molecule has 1 fully saturated rings. The Hall–Kier alpha value is -0.370. The van der Waals surface area contributed by atoms with E-state index in [2.05, 4.69) is 39.9 Å². The molecule has 0 bridgehead atoms. The molecule has 0 aromatic rings. The van der Waals surface area contributed by atoms with Gasteiger partial charge in [-0.15, -0.1) is 0 Å². The number of hydrogen-bond acceptors (Lipinski definition) is 2. The molecule has 3 atom stereocenters. The highest BCUT2D eigenvalue weighted by Crippen LogP contribution is 2.55. The van der Waals surface area contributed by atoms with Gasteiger partial charge in [0.1, 0.15) is 5.78 Å². The van der Waals surface area contributed by atoms with Gasteiger partial charge in [-0.1, -0.05) is 34.1 Å². The van der Waals surface area contributed by atoms with E-state index in [1.165, 1.54) is 19.3 Å². The minimum absolute atomic E-state index is 0.0199. The molecule has 17 heavy (non-hydrogen) atoms. The average molecular weight is 239 g/mol. The quantitative estimate of drug-likeness (QED) is 0.737. The molecule has 0 radical (unpaired) electrons. The van der Waals surface area contributed by atoms with Gasteiger partial charge in [0, 0.05) is 6.04 Å². The Kier molecular flexibility index (Phi) is 4.77. The topological polar surface area (TPSA) is 29.1 Å². The third-order valence-electron chi connectivity index (χ3n) is 4.82. The summed E-state index contributed by atoms with van der Waals surface area (Å²) in [6.45, 7) is 12.8. The van der Waals surface area contributed by atoms with Gasteiger partial charge in [-0.05, 0) is 43.9 Å². The summed E-state index contributed by atoms with van der Waals surface area (Å²) in [6, 6.07) is 0.472. The molecule has 1 rings (SSSR count). The molecule has 1 aliphatic carbocycles. The fraction of sp³-hybridized carbons (Fsp3) is 0.933. The normalized spacial score (nSPS) is 23.2. The molecule has 100 valence electrons. The Morgan fingerprint density at radius 2 is 1.76 bits per heavy atom. The standard InChI is InChI=1S/C15H29NO/c1-7-11(4)15(8-9-15)13(6)16-14(10(2)3)12(5)17/h10-11,13-14,16H,7-9H2,1-6H3/t11?,13?,14-/m1/s1. The lowest BCUT2D eigenvalue weighted by Gasteiger charge is -2.33. The highest BCUT2D eigenvalue weighted by molar-refractivity contribution is 5.81. The molecule has 0 aromatic heterocycles. The Morgan fingerprint density at radius 1 is 1.24 bits per heavy atom. The lowest BCUT2D eigenvalue weighted by Crippen LogP contribution is -2.49. The van der Waals surface area contributed by atoms with E-state index in [-0.39, 0.29) is 11.8 Å². The first-order valence-corrected chi connectivity index (χ1v) is 7.11. The summed E-state index contributed by atoms with van der Waals surface area (Å²) in [4.78, 5) is 11.6. The van der Waals surface area contributed by atoms with Gasteiger partial charge in [0.05, 0.1) is 6.04 Å². The molecule has 2 nitrogen and oxygen atoms in total. The number of rotatable bonds is 7. The molecule has 0 aliphatic heterocycles. The summed E-state index contributed by atoms with van der Waals surface area (Å²) < 4.78 is 0. The maximum Gasteiger partial charge on any atom is 0.146 e. The SMILES string of the molecule is CCC(C)C1(C(C)N[C@@H](C(C)=O)C(C)C)CC1. The molecule has 2 heteroatoms. The van der Waals surface area contributed by atoms with E-state index >= 15 is 0 Å². The lowest BCUT2D eigenvalue weighted by atomic mass is 9.82. The summed E-state index contributed by atoms with van der Waals surface area (Å²) in [5.41, 5.74) is 0.456. The van der Waals surface area contributed by atoms with E-state index in [4.69, 9.17) is 0 Å². The molecule has 1 saturated carbocycles. The van der Waals surface area contributed by atoms with E-state index in [0.29, 0.717) is 17.4 Å². The van der Waals surface area contributed by atoms with Crippen LogP contribution >= 0.6 is 0 Å². The second-order valence-electron chi connectivity index (χ2n) is 6.26. The van der Waals surface area contributed by atoms with Crippen molar-refractivity contribution >= 4 is 5.78 Å². The Balaban J connectivity index is 2.65. The number of hydrogen-bond donors (Lipinski definition) is 1. The van der Waals surface area contributed by atoms with Crippen molar-refractivity contribution < 1.29 is 4.79 Å². The predicted molar refractivity (Wildman–Crippen MR) is 73.0 cm³/mol. The van der Waals surface area contributed by atoms with Gasteiger partial charge in [-0.25, -0.2) is 0 Å². The molecule has 0 aromatic carbocycles. The molecular formula is C15H29NO. The van der Waals surface area contributed by atoms with Gasteiger partial charge in [0.2, 0.25) is 0 Å². The van der Waals surface area contributed by atoms with E-state index < -0.39 is 0 Å². The van der Waals surface area contributed by atoms with Crippen molar-refractivity contribution in [1.82, 2.24) is 5.32 Å². The molecule has 2 unspecified atom stereocenters. The van der Waals surface area contributed by atoms with Crippen LogP contribution in [-0.2, 0) is 4.79 Å². The first-order valence-electron chi connectivity index (χ1n) is 7.11. The van der Waals surface area contributed by atoms with Crippen molar-refractivity contribution in [3.05, 3.63) is 0 Å². The van der Waals surface area contributed by atoms with Crippen LogP contribution in [0.1, 0.15) is 60.8 Å². The van der Waals surface area contributed by atoms with Crippen LogP contribution < -0.4 is 5.32 Å². The molecule has 0 spiro atoms. The minimum Gasteiger partial charge on any atom is -0.304 e. The van der Waals surface area contributed by atoms with Crippen molar-refractivity contribution in [2.24, 2.45) is 17.3 Å². The maximum absolute atomic E-state index is 11.6. The molecule has 1 N–H and O–H groups in total. The largest absolute Gasteiger partial charge is 0.304 e. The second-order valence-corrected chi connectivity index (χ2v) is 6.26. The van der Waals surface area contributed by atoms with Crippen LogP contribution in [0.5, 0.6) is 0 Å². The molecule has 0 heterocycles. The van der Waals surface area contributed by atoms with Crippen molar-refractivity contribution in [2.45, 2.75) is 72.9 Å². The highest BCUT2D eigenvalue weighted by atomic mass is 16.1. The van der Waals surface area contributed by atoms with Gasteiger partial charge in [-0.3, -0.25) is 4.79 Å². The van der Waals surface area contributed by atoms with Gasteiger partial charge >= 0.3 is 0 Å². The zero-order valence-corrected chi connectivity index (χ0v) is 12.3. The predicted octanol–water partition coefficient (Wildman–Crippen LogP) is 3.40. The molecule has 0 saturated heterocycles. The smallest absolute Gasteiger partial charge is 0.146 e. The lowest BCUT2D eigenvalue weighted by molar-refractivity contribution is -0.120. The first kappa shape index (κ1) is 14.7. The number of nitrogens with one attached hydrogen (secondary N) is 1. The van der Waals surface area contributed by atoms with Crippen LogP contribution in [0.2, 0.25) is 0 Å². The zero-order chi connectivity index (χ0) is 13.2. The van der Waals surface area contributed by atoms with Crippen LogP contribution in [0, 0.1) is 17.3 Å². The maximum atomic E-state index is 11.6. The fourth-order valence-corrected chi connectivity index (χ4v) is 3.12. The van der Waals surface area contributed by atoms with E-state index in [1.54, 1.807) is 6.92 Å². The molecule has 0 amide bonds. The summed E-state index contributed by atoms with van der Waals surface area (Å²) in [7, 11) is 0. The highest BCUT2D eigenvalue weighted by Gasteiger charge is 2.51.